The molecule has 1 atom stereocenters. The number of hydrogen-bond acceptors (Lipinski definition) is 2. The highest BCUT2D eigenvalue weighted by atomic mass is 32.1. The molecule has 0 amide bonds. The van der Waals surface area contributed by atoms with Crippen molar-refractivity contribution in [2.75, 3.05) is 11.9 Å². The number of halogens is 1. The first-order chi connectivity index (χ1) is 8.31. The smallest absolute Gasteiger partial charge is 0.123 e. The van der Waals surface area contributed by atoms with E-state index in [1.54, 1.807) is 17.4 Å². The van der Waals surface area contributed by atoms with E-state index >= 15 is 0 Å². The molecule has 1 aromatic heterocycles. The molecule has 0 radical (unpaired) electrons. The second kappa shape index (κ2) is 4.49. The van der Waals surface area contributed by atoms with Gasteiger partial charge in [-0.2, -0.15) is 0 Å². The number of benzene rings is 1. The van der Waals surface area contributed by atoms with Gasteiger partial charge in [0.05, 0.1) is 0 Å². The van der Waals surface area contributed by atoms with Crippen LogP contribution in [0.25, 0.3) is 0 Å². The summed E-state index contributed by atoms with van der Waals surface area (Å²) >= 11 is 1.80. The molecule has 1 aliphatic rings. The van der Waals surface area contributed by atoms with Crippen LogP contribution >= 0.6 is 11.3 Å². The van der Waals surface area contributed by atoms with Gasteiger partial charge in [-0.05, 0) is 54.0 Å². The maximum absolute atomic E-state index is 13.2. The maximum atomic E-state index is 13.2. The fraction of sp³-hybridized carbons (Fsp3) is 0.286. The van der Waals surface area contributed by atoms with E-state index in [0.717, 1.165) is 30.6 Å². The molecule has 3 rings (SSSR count). The van der Waals surface area contributed by atoms with Gasteiger partial charge < -0.3 is 5.32 Å². The van der Waals surface area contributed by atoms with Gasteiger partial charge in [0.2, 0.25) is 0 Å². The molecule has 0 saturated heterocycles. The molecule has 17 heavy (non-hydrogen) atoms. The summed E-state index contributed by atoms with van der Waals surface area (Å²) in [5.41, 5.74) is 2.20. The van der Waals surface area contributed by atoms with Crippen molar-refractivity contribution in [1.82, 2.24) is 0 Å². The molecule has 0 bridgehead atoms. The van der Waals surface area contributed by atoms with Crippen molar-refractivity contribution < 1.29 is 4.39 Å². The Hall–Kier alpha value is -1.35. The summed E-state index contributed by atoms with van der Waals surface area (Å²) in [7, 11) is 0. The first-order valence-electron chi connectivity index (χ1n) is 5.86. The molecule has 0 aliphatic carbocycles. The lowest BCUT2D eigenvalue weighted by atomic mass is 9.91. The minimum atomic E-state index is -0.137. The zero-order chi connectivity index (χ0) is 11.7. The molecule has 88 valence electrons. The number of hydrogen-bond donors (Lipinski definition) is 1. The first kappa shape index (κ1) is 10.8. The van der Waals surface area contributed by atoms with Crippen LogP contribution in [0, 0.1) is 11.7 Å². The van der Waals surface area contributed by atoms with E-state index in [4.69, 9.17) is 0 Å². The molecule has 1 aromatic carbocycles. The Morgan fingerprint density at radius 3 is 3.12 bits per heavy atom. The molecule has 1 aliphatic heterocycles. The molecular formula is C14H14FNS. The third-order valence-corrected chi connectivity index (χ3v) is 4.13. The third kappa shape index (κ3) is 2.34. The SMILES string of the molecule is Fc1ccc2c(c1)CC(Cc1cccs1)CN2. The first-order valence-corrected chi connectivity index (χ1v) is 6.74. The van der Waals surface area contributed by atoms with E-state index in [1.807, 2.05) is 6.07 Å². The van der Waals surface area contributed by atoms with Gasteiger partial charge in [-0.25, -0.2) is 4.39 Å². The fourth-order valence-electron chi connectivity index (χ4n) is 2.40. The lowest BCUT2D eigenvalue weighted by Crippen LogP contribution is -2.24. The van der Waals surface area contributed by atoms with Crippen LogP contribution in [-0.4, -0.2) is 6.54 Å². The fourth-order valence-corrected chi connectivity index (χ4v) is 3.22. The van der Waals surface area contributed by atoms with E-state index in [1.165, 1.54) is 10.9 Å². The number of anilines is 1. The summed E-state index contributed by atoms with van der Waals surface area (Å²) < 4.78 is 13.2. The van der Waals surface area contributed by atoms with Gasteiger partial charge in [0.1, 0.15) is 5.82 Å². The predicted octanol–water partition coefficient (Wildman–Crippen LogP) is 3.71. The van der Waals surface area contributed by atoms with Gasteiger partial charge in [0, 0.05) is 17.1 Å². The van der Waals surface area contributed by atoms with E-state index < -0.39 is 0 Å². The number of thiophene rings is 1. The normalized spacial score (nSPS) is 18.5. The number of nitrogens with one attached hydrogen (secondary N) is 1. The molecule has 3 heteroatoms. The zero-order valence-electron chi connectivity index (χ0n) is 9.45. The highest BCUT2D eigenvalue weighted by molar-refractivity contribution is 7.09. The largest absolute Gasteiger partial charge is 0.385 e. The standard InChI is InChI=1S/C14H14FNS/c15-12-3-4-14-11(8-12)6-10(9-16-14)7-13-2-1-5-17-13/h1-5,8,10,16H,6-7,9H2. The van der Waals surface area contributed by atoms with Gasteiger partial charge in [0.25, 0.3) is 0 Å². The molecule has 0 fully saturated rings. The van der Waals surface area contributed by atoms with Crippen LogP contribution in [0.5, 0.6) is 0 Å². The molecule has 2 heterocycles. The monoisotopic (exact) mass is 247 g/mol. The van der Waals surface area contributed by atoms with Crippen LogP contribution in [0.15, 0.2) is 35.7 Å². The van der Waals surface area contributed by atoms with Crippen molar-refractivity contribution in [1.29, 1.82) is 0 Å². The van der Waals surface area contributed by atoms with Crippen molar-refractivity contribution in [3.05, 3.63) is 52.0 Å². The Morgan fingerprint density at radius 1 is 1.35 bits per heavy atom. The second-order valence-electron chi connectivity index (χ2n) is 4.54. The van der Waals surface area contributed by atoms with Crippen LogP contribution in [0.1, 0.15) is 10.4 Å². The van der Waals surface area contributed by atoms with Crippen molar-refractivity contribution in [3.8, 4) is 0 Å². The number of fused-ring (bicyclic) bond motifs is 1. The Balaban J connectivity index is 1.76. The third-order valence-electron chi connectivity index (χ3n) is 3.23. The van der Waals surface area contributed by atoms with Crippen LogP contribution in [0.2, 0.25) is 0 Å². The molecule has 1 unspecified atom stereocenters. The Labute approximate surface area is 104 Å². The average Bonchev–Trinajstić information content (AvgIpc) is 2.81. The Bertz CT molecular complexity index is 507. The van der Waals surface area contributed by atoms with E-state index in [-0.39, 0.29) is 5.82 Å². The summed E-state index contributed by atoms with van der Waals surface area (Å²) in [5, 5.41) is 5.50. The van der Waals surface area contributed by atoms with Crippen molar-refractivity contribution >= 4 is 17.0 Å². The predicted molar refractivity (Wildman–Crippen MR) is 70.1 cm³/mol. The van der Waals surface area contributed by atoms with E-state index in [0.29, 0.717) is 5.92 Å². The van der Waals surface area contributed by atoms with Crippen LogP contribution in [-0.2, 0) is 12.8 Å². The molecule has 1 nitrogen and oxygen atoms in total. The summed E-state index contributed by atoms with van der Waals surface area (Å²) in [6.07, 6.45) is 2.05. The van der Waals surface area contributed by atoms with Gasteiger partial charge >= 0.3 is 0 Å². The number of rotatable bonds is 2. The second-order valence-corrected chi connectivity index (χ2v) is 5.57. The van der Waals surface area contributed by atoms with Gasteiger partial charge in [0.15, 0.2) is 0 Å². The summed E-state index contributed by atoms with van der Waals surface area (Å²) in [6.45, 7) is 0.983. The summed E-state index contributed by atoms with van der Waals surface area (Å²) in [5.74, 6) is 0.435. The van der Waals surface area contributed by atoms with Gasteiger partial charge in [-0.3, -0.25) is 0 Å². The van der Waals surface area contributed by atoms with Crippen LogP contribution in [0.4, 0.5) is 10.1 Å². The maximum Gasteiger partial charge on any atom is 0.123 e. The van der Waals surface area contributed by atoms with Crippen molar-refractivity contribution in [2.24, 2.45) is 5.92 Å². The summed E-state index contributed by atoms with van der Waals surface area (Å²) in [6, 6.07) is 9.27. The molecule has 1 N–H and O–H groups in total. The Kier molecular flexibility index (Phi) is 2.85. The minimum absolute atomic E-state index is 0.137. The quantitative estimate of drug-likeness (QED) is 0.853. The summed E-state index contributed by atoms with van der Waals surface area (Å²) in [4.78, 5) is 1.41. The topological polar surface area (TPSA) is 12.0 Å². The zero-order valence-corrected chi connectivity index (χ0v) is 10.3. The highest BCUT2D eigenvalue weighted by Gasteiger charge is 2.19. The van der Waals surface area contributed by atoms with E-state index in [2.05, 4.69) is 22.8 Å². The molecular weight excluding hydrogens is 233 g/mol. The van der Waals surface area contributed by atoms with Crippen molar-refractivity contribution in [3.63, 3.8) is 0 Å². The Morgan fingerprint density at radius 2 is 2.29 bits per heavy atom. The lowest BCUT2D eigenvalue weighted by Gasteiger charge is -2.25. The lowest BCUT2D eigenvalue weighted by molar-refractivity contribution is 0.535. The van der Waals surface area contributed by atoms with Gasteiger partial charge in [-0.1, -0.05) is 6.07 Å². The van der Waals surface area contributed by atoms with Gasteiger partial charge in [-0.15, -0.1) is 11.3 Å². The molecule has 2 aromatic rings. The molecule has 0 saturated carbocycles. The molecule has 0 spiro atoms. The van der Waals surface area contributed by atoms with E-state index in [9.17, 15) is 4.39 Å². The van der Waals surface area contributed by atoms with Crippen molar-refractivity contribution in [2.45, 2.75) is 12.8 Å². The average molecular weight is 247 g/mol. The highest BCUT2D eigenvalue weighted by Crippen LogP contribution is 2.28. The van der Waals surface area contributed by atoms with Crippen LogP contribution in [0.3, 0.4) is 0 Å². The van der Waals surface area contributed by atoms with Crippen LogP contribution < -0.4 is 5.32 Å². The minimum Gasteiger partial charge on any atom is -0.385 e.